The molecule has 0 fully saturated rings. The van der Waals surface area contributed by atoms with Crippen LogP contribution in [0, 0.1) is 0 Å². The summed E-state index contributed by atoms with van der Waals surface area (Å²) < 4.78 is 9.24. The minimum atomic E-state index is 0.878. The molecule has 0 saturated heterocycles. The molecule has 10 rings (SSSR count). The minimum Gasteiger partial charge on any atom is -0.454 e. The summed E-state index contributed by atoms with van der Waals surface area (Å²) in [6, 6.07) is 63.0. The first kappa shape index (κ1) is 27.9. The zero-order valence-corrected chi connectivity index (χ0v) is 27.3. The van der Waals surface area contributed by atoms with Crippen LogP contribution in [0.5, 0.6) is 0 Å². The van der Waals surface area contributed by atoms with Crippen molar-refractivity contribution >= 4 is 81.3 Å². The van der Waals surface area contributed by atoms with E-state index < -0.39 is 0 Å². The molecule has 49 heavy (non-hydrogen) atoms. The van der Waals surface area contributed by atoms with Crippen LogP contribution in [0.3, 0.4) is 0 Å². The Morgan fingerprint density at radius 1 is 0.429 bits per heavy atom. The molecular weight excluding hydrogens is 615 g/mol. The molecule has 3 heteroatoms. The van der Waals surface area contributed by atoms with Gasteiger partial charge in [0, 0.05) is 42.0 Å². The second kappa shape index (κ2) is 11.2. The van der Waals surface area contributed by atoms with Gasteiger partial charge in [-0.05, 0) is 70.1 Å². The average Bonchev–Trinajstić information content (AvgIpc) is 3.75. The molecule has 2 nitrogen and oxygen atoms in total. The van der Waals surface area contributed by atoms with Crippen molar-refractivity contribution in [2.75, 3.05) is 4.90 Å². The number of para-hydroxylation sites is 2. The molecule has 0 aliphatic carbocycles. The third-order valence-corrected chi connectivity index (χ3v) is 10.9. The van der Waals surface area contributed by atoms with Gasteiger partial charge in [-0.2, -0.15) is 0 Å². The molecule has 0 spiro atoms. The zero-order valence-electron chi connectivity index (χ0n) is 26.5. The van der Waals surface area contributed by atoms with Crippen molar-refractivity contribution in [1.29, 1.82) is 0 Å². The van der Waals surface area contributed by atoms with Gasteiger partial charge in [0.25, 0.3) is 0 Å². The highest BCUT2D eigenvalue weighted by Gasteiger charge is 2.23. The maximum Gasteiger partial charge on any atom is 0.159 e. The molecule has 10 aromatic rings. The molecule has 230 valence electrons. The monoisotopic (exact) mass is 643 g/mol. The quantitative estimate of drug-likeness (QED) is 0.186. The van der Waals surface area contributed by atoms with Crippen LogP contribution >= 0.6 is 11.3 Å². The van der Waals surface area contributed by atoms with E-state index in [2.05, 4.69) is 175 Å². The Morgan fingerprint density at radius 2 is 1.04 bits per heavy atom. The van der Waals surface area contributed by atoms with E-state index in [0.717, 1.165) is 39.0 Å². The van der Waals surface area contributed by atoms with E-state index in [9.17, 15) is 0 Å². The summed E-state index contributed by atoms with van der Waals surface area (Å²) in [5.41, 5.74) is 9.83. The lowest BCUT2D eigenvalue weighted by Gasteiger charge is -2.27. The molecule has 0 aliphatic rings. The number of benzene rings is 8. The van der Waals surface area contributed by atoms with Gasteiger partial charge >= 0.3 is 0 Å². The normalized spacial score (nSPS) is 11.7. The second-order valence-electron chi connectivity index (χ2n) is 12.5. The molecule has 2 aromatic heterocycles. The van der Waals surface area contributed by atoms with Crippen molar-refractivity contribution in [2.45, 2.75) is 0 Å². The second-order valence-corrected chi connectivity index (χ2v) is 13.5. The summed E-state index contributed by atoms with van der Waals surface area (Å²) in [4.78, 5) is 2.39. The largest absolute Gasteiger partial charge is 0.454 e. The lowest BCUT2D eigenvalue weighted by atomic mass is 9.95. The summed E-state index contributed by atoms with van der Waals surface area (Å²) in [5, 5.41) is 7.29. The van der Waals surface area contributed by atoms with Crippen LogP contribution in [0.2, 0.25) is 0 Å². The van der Waals surface area contributed by atoms with Crippen LogP contribution in [-0.4, -0.2) is 0 Å². The minimum absolute atomic E-state index is 0.878. The first-order valence-electron chi connectivity index (χ1n) is 16.6. The predicted octanol–water partition coefficient (Wildman–Crippen LogP) is 13.9. The summed E-state index contributed by atoms with van der Waals surface area (Å²) in [6.45, 7) is 0. The van der Waals surface area contributed by atoms with Gasteiger partial charge in [-0.1, -0.05) is 133 Å². The Balaban J connectivity index is 1.28. The highest BCUT2D eigenvalue weighted by molar-refractivity contribution is 7.26. The molecule has 0 aliphatic heterocycles. The van der Waals surface area contributed by atoms with Crippen LogP contribution < -0.4 is 4.90 Å². The smallest absolute Gasteiger partial charge is 0.159 e. The maximum atomic E-state index is 6.68. The number of hydrogen-bond donors (Lipinski definition) is 0. The first-order chi connectivity index (χ1) is 24.3. The van der Waals surface area contributed by atoms with Gasteiger partial charge in [-0.25, -0.2) is 0 Å². The van der Waals surface area contributed by atoms with Crippen LogP contribution in [0.15, 0.2) is 180 Å². The van der Waals surface area contributed by atoms with Gasteiger partial charge in [-0.3, -0.25) is 0 Å². The third kappa shape index (κ3) is 4.47. The fraction of sp³-hybridized carbons (Fsp3) is 0. The predicted molar refractivity (Wildman–Crippen MR) is 210 cm³/mol. The summed E-state index contributed by atoms with van der Waals surface area (Å²) >= 11 is 1.87. The van der Waals surface area contributed by atoms with Crippen molar-refractivity contribution in [3.63, 3.8) is 0 Å². The zero-order chi connectivity index (χ0) is 32.3. The van der Waals surface area contributed by atoms with Crippen LogP contribution in [0.25, 0.3) is 75.1 Å². The van der Waals surface area contributed by atoms with E-state index in [-0.39, 0.29) is 0 Å². The van der Waals surface area contributed by atoms with Crippen molar-refractivity contribution < 1.29 is 4.42 Å². The molecular formula is C46H29NOS. The van der Waals surface area contributed by atoms with Gasteiger partial charge in [0.1, 0.15) is 5.58 Å². The molecule has 0 unspecified atom stereocenters. The number of rotatable bonds is 5. The summed E-state index contributed by atoms with van der Waals surface area (Å²) in [6.07, 6.45) is 0. The average molecular weight is 644 g/mol. The van der Waals surface area contributed by atoms with Crippen molar-refractivity contribution in [3.05, 3.63) is 176 Å². The molecule has 0 N–H and O–H groups in total. The fourth-order valence-electron chi connectivity index (χ4n) is 7.42. The van der Waals surface area contributed by atoms with Gasteiger partial charge in [-0.15, -0.1) is 11.3 Å². The van der Waals surface area contributed by atoms with Crippen LogP contribution in [-0.2, 0) is 0 Å². The number of furan rings is 1. The lowest BCUT2D eigenvalue weighted by molar-refractivity contribution is 0.669. The standard InChI is InChI=1S/C46H29NOS/c1-3-13-30(14-4-1)31-25-27-33(28-26-31)47(41-22-11-20-36-35-18-9-10-23-42(35)48-45(36)41)40-21-12-24-43-44(40)39-29-38(32-15-5-2-6-16-32)34-17-7-8-19-37(34)46(39)49-43/h1-29H. The molecule has 2 heterocycles. The first-order valence-corrected chi connectivity index (χ1v) is 17.4. The van der Waals surface area contributed by atoms with E-state index in [1.54, 1.807) is 0 Å². The Bertz CT molecular complexity index is 2810. The topological polar surface area (TPSA) is 16.4 Å². The third-order valence-electron chi connectivity index (χ3n) is 9.66. The lowest BCUT2D eigenvalue weighted by Crippen LogP contribution is -2.10. The molecule has 0 bridgehead atoms. The Morgan fingerprint density at radius 3 is 1.84 bits per heavy atom. The van der Waals surface area contributed by atoms with E-state index in [1.165, 1.54) is 53.2 Å². The highest BCUT2D eigenvalue weighted by Crippen LogP contribution is 2.50. The van der Waals surface area contributed by atoms with E-state index in [0.29, 0.717) is 0 Å². The number of fused-ring (bicyclic) bond motifs is 8. The SMILES string of the molecule is c1ccc(-c2ccc(N(c3cccc4c3oc3ccccc34)c3cccc4sc5c6ccccc6c(-c6ccccc6)cc5c34)cc2)cc1. The Hall–Kier alpha value is -6.16. The van der Waals surface area contributed by atoms with Gasteiger partial charge < -0.3 is 9.32 Å². The molecule has 8 aromatic carbocycles. The Kier molecular flexibility index (Phi) is 6.39. The molecule has 0 radical (unpaired) electrons. The molecule has 0 atom stereocenters. The fourth-order valence-corrected chi connectivity index (χ4v) is 8.66. The molecule has 0 amide bonds. The molecule has 0 saturated carbocycles. The van der Waals surface area contributed by atoms with E-state index in [4.69, 9.17) is 4.42 Å². The van der Waals surface area contributed by atoms with Crippen molar-refractivity contribution in [2.24, 2.45) is 0 Å². The van der Waals surface area contributed by atoms with Crippen LogP contribution in [0.4, 0.5) is 17.1 Å². The summed E-state index contributed by atoms with van der Waals surface area (Å²) in [7, 11) is 0. The highest BCUT2D eigenvalue weighted by atomic mass is 32.1. The Labute approximate surface area is 287 Å². The number of anilines is 3. The van der Waals surface area contributed by atoms with E-state index >= 15 is 0 Å². The van der Waals surface area contributed by atoms with E-state index in [1.807, 2.05) is 17.4 Å². The number of thiophene rings is 1. The van der Waals surface area contributed by atoms with Gasteiger partial charge in [0.05, 0.1) is 11.4 Å². The number of nitrogens with zero attached hydrogens (tertiary/aromatic N) is 1. The maximum absolute atomic E-state index is 6.68. The van der Waals surface area contributed by atoms with Gasteiger partial charge in [0.2, 0.25) is 0 Å². The van der Waals surface area contributed by atoms with Crippen molar-refractivity contribution in [3.8, 4) is 22.3 Å². The van der Waals surface area contributed by atoms with Gasteiger partial charge in [0.15, 0.2) is 5.58 Å². The number of hydrogen-bond acceptors (Lipinski definition) is 3. The van der Waals surface area contributed by atoms with Crippen molar-refractivity contribution in [1.82, 2.24) is 0 Å². The van der Waals surface area contributed by atoms with Crippen LogP contribution in [0.1, 0.15) is 0 Å². The summed E-state index contributed by atoms with van der Waals surface area (Å²) in [5.74, 6) is 0.